The molecule has 1 unspecified atom stereocenters. The fourth-order valence-corrected chi connectivity index (χ4v) is 9.96. The summed E-state index contributed by atoms with van der Waals surface area (Å²) >= 11 is 0. The molecule has 0 aliphatic rings. The van der Waals surface area contributed by atoms with E-state index < -0.39 is 0 Å². The molecule has 0 amide bonds. The molecule has 0 rings (SSSR count). The zero-order chi connectivity index (χ0) is 43.1. The quantitative estimate of drug-likeness (QED) is 0.0600. The van der Waals surface area contributed by atoms with Gasteiger partial charge >= 0.3 is 0 Å². The van der Waals surface area contributed by atoms with Crippen molar-refractivity contribution in [2.24, 2.45) is 11.5 Å². The third kappa shape index (κ3) is 41.7. The lowest BCUT2D eigenvalue weighted by Gasteiger charge is -2.45. The summed E-state index contributed by atoms with van der Waals surface area (Å²) < 4.78 is 0. The molecule has 0 radical (unpaired) electrons. The van der Waals surface area contributed by atoms with Crippen molar-refractivity contribution >= 4 is 0 Å². The first-order chi connectivity index (χ1) is 28.9. The number of hydrogen-bond acceptors (Lipinski definition) is 2. The van der Waals surface area contributed by atoms with Crippen LogP contribution in [0.4, 0.5) is 0 Å². The molecule has 1 atom stereocenters. The molecule has 356 valence electrons. The summed E-state index contributed by atoms with van der Waals surface area (Å²) in [5, 5.41) is 0. The van der Waals surface area contributed by atoms with Crippen LogP contribution in [-0.2, 0) is 0 Å². The van der Waals surface area contributed by atoms with E-state index >= 15 is 0 Å². The molecule has 0 aromatic carbocycles. The Morgan fingerprint density at radius 2 is 0.339 bits per heavy atom. The second kappa shape index (κ2) is 47.4. The van der Waals surface area contributed by atoms with E-state index in [9.17, 15) is 0 Å². The van der Waals surface area contributed by atoms with Gasteiger partial charge in [-0.25, -0.2) is 0 Å². The van der Waals surface area contributed by atoms with Gasteiger partial charge in [0.15, 0.2) is 0 Å². The summed E-state index contributed by atoms with van der Waals surface area (Å²) in [6.45, 7) is 9.27. The van der Waals surface area contributed by atoms with Gasteiger partial charge in [0.1, 0.15) is 0 Å². The highest BCUT2D eigenvalue weighted by atomic mass is 14.9. The number of nitrogens with two attached hydrogens (primary N) is 2. The van der Waals surface area contributed by atoms with Crippen LogP contribution in [0.2, 0.25) is 0 Å². The van der Waals surface area contributed by atoms with Gasteiger partial charge in [-0.3, -0.25) is 0 Å². The lowest BCUT2D eigenvalue weighted by Crippen LogP contribution is -2.64. The van der Waals surface area contributed by atoms with Crippen LogP contribution in [0.25, 0.3) is 0 Å². The van der Waals surface area contributed by atoms with E-state index in [0.29, 0.717) is 0 Å². The van der Waals surface area contributed by atoms with Crippen molar-refractivity contribution in [3.05, 3.63) is 0 Å². The number of hydrogen-bond donors (Lipinski definition) is 2. The molecule has 4 N–H and O–H groups in total. The highest BCUT2D eigenvalue weighted by Crippen LogP contribution is 2.34. The van der Waals surface area contributed by atoms with Crippen molar-refractivity contribution in [1.82, 2.24) is 0 Å². The predicted molar refractivity (Wildman–Crippen MR) is 272 cm³/mol. The van der Waals surface area contributed by atoms with Crippen LogP contribution in [0.5, 0.6) is 0 Å². The second-order valence-electron chi connectivity index (χ2n) is 20.7. The lowest BCUT2D eigenvalue weighted by atomic mass is 9.70. The summed E-state index contributed by atoms with van der Waals surface area (Å²) in [6.07, 6.45) is 71.5. The van der Waals surface area contributed by atoms with Gasteiger partial charge in [-0.2, -0.15) is 0 Å². The predicted octanol–water partition coefficient (Wildman–Crippen LogP) is 20.4. The van der Waals surface area contributed by atoms with Gasteiger partial charge < -0.3 is 11.5 Å². The molecular formula is C57H118N2. The first-order valence-corrected chi connectivity index (χ1v) is 28.5. The second-order valence-corrected chi connectivity index (χ2v) is 20.7. The van der Waals surface area contributed by atoms with Gasteiger partial charge in [0, 0.05) is 11.1 Å². The maximum absolute atomic E-state index is 7.44. The Balaban J connectivity index is 4.33. The largest absolute Gasteiger partial charge is 0.324 e. The summed E-state index contributed by atoms with van der Waals surface area (Å²) in [5.74, 6) is 0. The van der Waals surface area contributed by atoms with E-state index in [1.165, 1.54) is 308 Å². The van der Waals surface area contributed by atoms with Crippen molar-refractivity contribution < 1.29 is 0 Å². The molecule has 0 aliphatic carbocycles. The van der Waals surface area contributed by atoms with E-state index in [2.05, 4.69) is 27.7 Å². The lowest BCUT2D eigenvalue weighted by molar-refractivity contribution is 0.180. The van der Waals surface area contributed by atoms with E-state index in [0.717, 1.165) is 19.3 Å². The fourth-order valence-electron chi connectivity index (χ4n) is 9.96. The van der Waals surface area contributed by atoms with Crippen molar-refractivity contribution in [3.63, 3.8) is 0 Å². The zero-order valence-electron chi connectivity index (χ0n) is 42.2. The van der Waals surface area contributed by atoms with Crippen LogP contribution < -0.4 is 11.5 Å². The van der Waals surface area contributed by atoms with Crippen LogP contribution in [-0.4, -0.2) is 11.1 Å². The molecule has 0 fully saturated rings. The molecule has 0 aliphatic heterocycles. The minimum absolute atomic E-state index is 0.214. The molecule has 0 aromatic rings. The third-order valence-corrected chi connectivity index (χ3v) is 14.6. The molecule has 0 saturated carbocycles. The maximum atomic E-state index is 7.44. The third-order valence-electron chi connectivity index (χ3n) is 14.6. The van der Waals surface area contributed by atoms with Crippen LogP contribution in [0.15, 0.2) is 0 Å². The van der Waals surface area contributed by atoms with Gasteiger partial charge in [0.2, 0.25) is 0 Å². The van der Waals surface area contributed by atoms with E-state index in [1.807, 2.05) is 0 Å². The molecule has 59 heavy (non-hydrogen) atoms. The molecule has 0 heterocycles. The van der Waals surface area contributed by atoms with E-state index in [1.54, 1.807) is 0 Å². The molecule has 0 spiro atoms. The Morgan fingerprint density at radius 3 is 0.508 bits per heavy atom. The standard InChI is InChI=1S/C57H118N2/c1-5-8-11-14-17-20-23-26-29-32-35-38-41-44-47-50-53-56(4,58)57(59,54-51-48-45-42-39-36-33-30-27-24-21-18-15-12-9-6-2)55-52-49-46-43-40-37-34-31-28-25-22-19-16-13-10-7-3/h5-55,58-59H2,1-4H3. The highest BCUT2D eigenvalue weighted by Gasteiger charge is 2.40. The van der Waals surface area contributed by atoms with E-state index in [-0.39, 0.29) is 11.1 Å². The van der Waals surface area contributed by atoms with Crippen LogP contribution in [0.1, 0.15) is 355 Å². The molecule has 0 bridgehead atoms. The summed E-state index contributed by atoms with van der Waals surface area (Å²) in [5.41, 5.74) is 14.2. The van der Waals surface area contributed by atoms with E-state index in [4.69, 9.17) is 11.5 Å². The average molecular weight is 832 g/mol. The highest BCUT2D eigenvalue weighted by molar-refractivity contribution is 5.04. The average Bonchev–Trinajstić information content (AvgIpc) is 3.23. The normalized spacial score (nSPS) is 13.1. The topological polar surface area (TPSA) is 52.0 Å². The maximum Gasteiger partial charge on any atom is 0.0334 e. The first-order valence-electron chi connectivity index (χ1n) is 28.5. The van der Waals surface area contributed by atoms with Gasteiger partial charge in [0.25, 0.3) is 0 Å². The SMILES string of the molecule is CCCCCCCCCCCCCCCCCCC(C)(N)C(N)(CCCCCCCCCCCCCCCCCC)CCCCCCCCCCCCCCCCCC. The minimum atomic E-state index is -0.256. The van der Waals surface area contributed by atoms with Crippen molar-refractivity contribution in [2.75, 3.05) is 0 Å². The molecule has 2 nitrogen and oxygen atoms in total. The zero-order valence-corrected chi connectivity index (χ0v) is 42.2. The molecule has 0 aromatic heterocycles. The number of unbranched alkanes of at least 4 members (excludes halogenated alkanes) is 45. The smallest absolute Gasteiger partial charge is 0.0334 e. The molecule has 2 heteroatoms. The Hall–Kier alpha value is -0.0800. The fraction of sp³-hybridized carbons (Fsp3) is 1.00. The molecule has 0 saturated heterocycles. The number of rotatable bonds is 52. The Morgan fingerprint density at radius 1 is 0.203 bits per heavy atom. The monoisotopic (exact) mass is 831 g/mol. The Kier molecular flexibility index (Phi) is 47.3. The van der Waals surface area contributed by atoms with Gasteiger partial charge in [-0.05, 0) is 26.2 Å². The Labute approximate surface area is 376 Å². The van der Waals surface area contributed by atoms with Crippen molar-refractivity contribution in [1.29, 1.82) is 0 Å². The minimum Gasteiger partial charge on any atom is -0.324 e. The first kappa shape index (κ1) is 58.9. The van der Waals surface area contributed by atoms with Crippen molar-refractivity contribution in [3.8, 4) is 0 Å². The Bertz CT molecular complexity index is 724. The van der Waals surface area contributed by atoms with Crippen LogP contribution >= 0.6 is 0 Å². The van der Waals surface area contributed by atoms with Gasteiger partial charge in [-0.15, -0.1) is 0 Å². The van der Waals surface area contributed by atoms with Crippen LogP contribution in [0, 0.1) is 0 Å². The van der Waals surface area contributed by atoms with Crippen molar-refractivity contribution in [2.45, 2.75) is 366 Å². The summed E-state index contributed by atoms with van der Waals surface area (Å²) in [4.78, 5) is 0. The summed E-state index contributed by atoms with van der Waals surface area (Å²) in [6, 6.07) is 0. The van der Waals surface area contributed by atoms with Crippen LogP contribution in [0.3, 0.4) is 0 Å². The van der Waals surface area contributed by atoms with Gasteiger partial charge in [-0.1, -0.05) is 329 Å². The molecular weight excluding hydrogens is 713 g/mol. The summed E-state index contributed by atoms with van der Waals surface area (Å²) in [7, 11) is 0. The van der Waals surface area contributed by atoms with Gasteiger partial charge in [0.05, 0.1) is 0 Å².